The average molecular weight is 586 g/mol. The van der Waals surface area contributed by atoms with Crippen molar-refractivity contribution in [2.24, 2.45) is 5.92 Å². The van der Waals surface area contributed by atoms with Crippen LogP contribution < -0.4 is 10.1 Å². The molecule has 0 aromatic heterocycles. The van der Waals surface area contributed by atoms with Crippen LogP contribution in [0.1, 0.15) is 32.3 Å². The Labute approximate surface area is 232 Å². The first-order chi connectivity index (χ1) is 18.7. The molecule has 0 aliphatic carbocycles. The number of carbonyl (C=O) groups excluding carboxylic acids is 2. The fourth-order valence-electron chi connectivity index (χ4n) is 4.33. The molecule has 1 heterocycles. The van der Waals surface area contributed by atoms with E-state index in [0.717, 1.165) is 0 Å². The summed E-state index contributed by atoms with van der Waals surface area (Å²) in [5.74, 6) is -1.24. The van der Waals surface area contributed by atoms with Crippen molar-refractivity contribution >= 4 is 27.5 Å². The predicted octanol–water partition coefficient (Wildman–Crippen LogP) is 3.44. The molecule has 3 atom stereocenters. The van der Waals surface area contributed by atoms with Gasteiger partial charge in [0.1, 0.15) is 11.9 Å². The van der Waals surface area contributed by atoms with E-state index in [1.54, 1.807) is 25.1 Å². The van der Waals surface area contributed by atoms with E-state index in [1.165, 1.54) is 46.6 Å². The first-order valence-corrected chi connectivity index (χ1v) is 14.2. The number of nitrogens with one attached hydrogen (secondary N) is 1. The third-order valence-corrected chi connectivity index (χ3v) is 8.56. The molecule has 13 heteroatoms. The Morgan fingerprint density at radius 2 is 1.90 bits per heavy atom. The van der Waals surface area contributed by atoms with Gasteiger partial charge in [-0.1, -0.05) is 25.1 Å². The molecule has 0 saturated carbocycles. The topological polar surface area (TPSA) is 116 Å². The van der Waals surface area contributed by atoms with E-state index < -0.39 is 47.1 Å². The number of rotatable bonds is 9. The molecule has 1 aliphatic rings. The highest BCUT2D eigenvalue weighted by molar-refractivity contribution is 7.89. The van der Waals surface area contributed by atoms with E-state index in [9.17, 15) is 36.3 Å². The van der Waals surface area contributed by atoms with Gasteiger partial charge in [0, 0.05) is 37.2 Å². The van der Waals surface area contributed by atoms with Crippen molar-refractivity contribution in [3.8, 4) is 5.75 Å². The zero-order chi connectivity index (χ0) is 29.7. The summed E-state index contributed by atoms with van der Waals surface area (Å²) >= 11 is 0. The number of hydrogen-bond donors (Lipinski definition) is 2. The van der Waals surface area contributed by atoms with Crippen LogP contribution >= 0.6 is 0 Å². The summed E-state index contributed by atoms with van der Waals surface area (Å²) < 4.78 is 71.3. The molecule has 0 bridgehead atoms. The Balaban J connectivity index is 1.92. The Morgan fingerprint density at radius 3 is 2.52 bits per heavy atom. The van der Waals surface area contributed by atoms with Crippen molar-refractivity contribution < 1.29 is 41.0 Å². The quantitative estimate of drug-likeness (QED) is 0.466. The molecule has 2 amide bonds. The number of aliphatic hydroxyl groups is 1. The maximum atomic E-state index is 13.3. The summed E-state index contributed by atoms with van der Waals surface area (Å²) in [5, 5.41) is 12.2. The summed E-state index contributed by atoms with van der Waals surface area (Å²) in [4.78, 5) is 27.0. The molecule has 0 fully saturated rings. The first-order valence-electron chi connectivity index (χ1n) is 12.8. The molecule has 2 aromatic rings. The van der Waals surface area contributed by atoms with Gasteiger partial charge in [-0.05, 0) is 37.3 Å². The Bertz CT molecular complexity index is 1290. The number of amides is 2. The number of nitrogens with zero attached hydrogens (tertiary/aromatic N) is 2. The molecule has 0 unspecified atom stereocenters. The number of hydrogen-bond acceptors (Lipinski definition) is 6. The van der Waals surface area contributed by atoms with E-state index in [1.807, 2.05) is 6.92 Å². The molecular weight excluding hydrogens is 551 g/mol. The predicted molar refractivity (Wildman–Crippen MR) is 142 cm³/mol. The van der Waals surface area contributed by atoms with Crippen molar-refractivity contribution in [2.45, 2.75) is 56.3 Å². The zero-order valence-electron chi connectivity index (χ0n) is 22.5. The van der Waals surface area contributed by atoms with Gasteiger partial charge in [-0.3, -0.25) is 9.59 Å². The lowest BCUT2D eigenvalue weighted by molar-refractivity contribution is -0.142. The van der Waals surface area contributed by atoms with E-state index >= 15 is 0 Å². The maximum absolute atomic E-state index is 13.3. The van der Waals surface area contributed by atoms with Gasteiger partial charge in [0.05, 0.1) is 36.9 Å². The lowest BCUT2D eigenvalue weighted by atomic mass is 10.0. The fraction of sp³-hybridized carbons (Fsp3) is 0.481. The molecule has 220 valence electrons. The van der Waals surface area contributed by atoms with Crippen LogP contribution in [-0.2, 0) is 26.0 Å². The highest BCUT2D eigenvalue weighted by atomic mass is 32.2. The van der Waals surface area contributed by atoms with Crippen molar-refractivity contribution in [3.05, 3.63) is 54.1 Å². The van der Waals surface area contributed by atoms with Gasteiger partial charge >= 0.3 is 6.18 Å². The van der Waals surface area contributed by atoms with Crippen molar-refractivity contribution in [3.63, 3.8) is 0 Å². The van der Waals surface area contributed by atoms with Gasteiger partial charge in [-0.15, -0.1) is 0 Å². The second-order valence-electron chi connectivity index (χ2n) is 9.97. The number of fused-ring (bicyclic) bond motifs is 1. The Morgan fingerprint density at radius 1 is 1.23 bits per heavy atom. The molecule has 0 radical (unpaired) electrons. The number of alkyl halides is 3. The van der Waals surface area contributed by atoms with Crippen LogP contribution in [0.25, 0.3) is 0 Å². The molecule has 0 saturated heterocycles. The Hall–Kier alpha value is -3.16. The summed E-state index contributed by atoms with van der Waals surface area (Å²) in [6, 6.07) is 11.8. The normalized spacial score (nSPS) is 19.2. The minimum atomic E-state index is -4.47. The summed E-state index contributed by atoms with van der Waals surface area (Å²) in [7, 11) is -2.41. The smallest absolute Gasteiger partial charge is 0.389 e. The summed E-state index contributed by atoms with van der Waals surface area (Å²) in [5.41, 5.74) is 0.554. The molecule has 2 aromatic carbocycles. The largest absolute Gasteiger partial charge is 0.488 e. The summed E-state index contributed by atoms with van der Waals surface area (Å²) in [6.07, 6.45) is -7.36. The number of halogens is 3. The molecule has 1 aliphatic heterocycles. The number of anilines is 1. The van der Waals surface area contributed by atoms with Crippen LogP contribution in [-0.4, -0.2) is 79.6 Å². The number of carbonyl (C=O) groups is 2. The lowest BCUT2D eigenvalue weighted by Crippen LogP contribution is -2.48. The molecule has 2 N–H and O–H groups in total. The van der Waals surface area contributed by atoms with Crippen molar-refractivity contribution in [1.29, 1.82) is 0 Å². The van der Waals surface area contributed by atoms with Gasteiger partial charge in [-0.2, -0.15) is 17.5 Å². The monoisotopic (exact) mass is 585 g/mol. The minimum Gasteiger partial charge on any atom is -0.488 e. The zero-order valence-corrected chi connectivity index (χ0v) is 23.3. The first kappa shape index (κ1) is 31.4. The molecule has 40 heavy (non-hydrogen) atoms. The average Bonchev–Trinajstić information content (AvgIpc) is 2.94. The highest BCUT2D eigenvalue weighted by Gasteiger charge is 2.33. The van der Waals surface area contributed by atoms with Gasteiger partial charge < -0.3 is 20.1 Å². The molecular formula is C27H34F3N3O6S. The van der Waals surface area contributed by atoms with Crippen LogP contribution in [0.5, 0.6) is 5.75 Å². The van der Waals surface area contributed by atoms with E-state index in [2.05, 4.69) is 5.32 Å². The lowest BCUT2D eigenvalue weighted by Gasteiger charge is -2.33. The highest BCUT2D eigenvalue weighted by Crippen LogP contribution is 2.30. The van der Waals surface area contributed by atoms with Crippen molar-refractivity contribution in [1.82, 2.24) is 9.21 Å². The van der Waals surface area contributed by atoms with Gasteiger partial charge in [-0.25, -0.2) is 8.42 Å². The van der Waals surface area contributed by atoms with Crippen LogP contribution in [0.3, 0.4) is 0 Å². The third-order valence-electron chi connectivity index (χ3n) is 6.72. The van der Waals surface area contributed by atoms with Gasteiger partial charge in [0.25, 0.3) is 0 Å². The fourth-order valence-corrected chi connectivity index (χ4v) is 5.53. The minimum absolute atomic E-state index is 0.0523. The van der Waals surface area contributed by atoms with Crippen LogP contribution in [0.2, 0.25) is 0 Å². The van der Waals surface area contributed by atoms with E-state index in [-0.39, 0.29) is 54.3 Å². The SMILES string of the molecule is C[C@@H]1CN([C@@H](C)CO)C(=O)Cc2cc(NC(=O)CCC(F)(F)F)ccc2O[C@@H]1CN(C)S(=O)(=O)c1ccccc1. The summed E-state index contributed by atoms with van der Waals surface area (Å²) in [6.45, 7) is 3.33. The number of sulfonamides is 1. The van der Waals surface area contributed by atoms with Crippen LogP contribution in [0, 0.1) is 5.92 Å². The molecule has 3 rings (SSSR count). The number of aliphatic hydroxyl groups excluding tert-OH is 1. The maximum Gasteiger partial charge on any atom is 0.389 e. The number of likely N-dealkylation sites (N-methyl/N-ethyl adjacent to an activating group) is 1. The van der Waals surface area contributed by atoms with Crippen molar-refractivity contribution in [2.75, 3.05) is 32.1 Å². The van der Waals surface area contributed by atoms with E-state index in [0.29, 0.717) is 5.56 Å². The molecule has 9 nitrogen and oxygen atoms in total. The second kappa shape index (κ2) is 13.0. The van der Waals surface area contributed by atoms with Crippen LogP contribution in [0.4, 0.5) is 18.9 Å². The molecule has 0 spiro atoms. The van der Waals surface area contributed by atoms with Gasteiger partial charge in [0.15, 0.2) is 0 Å². The second-order valence-corrected chi connectivity index (χ2v) is 12.0. The third kappa shape index (κ3) is 8.18. The number of ether oxygens (including phenoxy) is 1. The van der Waals surface area contributed by atoms with Gasteiger partial charge in [0.2, 0.25) is 21.8 Å². The standard InChI is InChI=1S/C27H34F3N3O6S/c1-18-15-33(19(2)17-34)26(36)14-20-13-21(31-25(35)11-12-27(28,29)30)9-10-23(20)39-24(18)16-32(3)40(37,38)22-7-5-4-6-8-22/h4-10,13,18-19,24,34H,11-12,14-17H2,1-3H3,(H,31,35)/t18-,19+,24-/m1/s1. The number of benzene rings is 2. The van der Waals surface area contributed by atoms with Crippen LogP contribution in [0.15, 0.2) is 53.4 Å². The van der Waals surface area contributed by atoms with E-state index in [4.69, 9.17) is 4.74 Å². The Kier molecular flexibility index (Phi) is 10.2.